The minimum absolute atomic E-state index is 0.0626. The van der Waals surface area contributed by atoms with Crippen LogP contribution in [0.25, 0.3) is 0 Å². The minimum Gasteiger partial charge on any atom is -0.353 e. The third-order valence-corrected chi connectivity index (χ3v) is 3.85. The van der Waals surface area contributed by atoms with Crippen LogP contribution in [0, 0.1) is 10.1 Å². The molecule has 0 saturated carbocycles. The van der Waals surface area contributed by atoms with Gasteiger partial charge < -0.3 is 5.32 Å². The first-order valence-corrected chi connectivity index (χ1v) is 7.69. The lowest BCUT2D eigenvalue weighted by atomic mass is 9.98. The van der Waals surface area contributed by atoms with E-state index in [1.807, 2.05) is 42.5 Å². The van der Waals surface area contributed by atoms with Crippen molar-refractivity contribution >= 4 is 23.1 Å². The number of nitro groups is 1. The molecule has 1 aromatic heterocycles. The van der Waals surface area contributed by atoms with E-state index >= 15 is 0 Å². The molecule has 0 spiro atoms. The molecule has 3 aromatic rings. The summed E-state index contributed by atoms with van der Waals surface area (Å²) in [4.78, 5) is 14.9. The van der Waals surface area contributed by atoms with Crippen LogP contribution < -0.4 is 5.32 Å². The molecule has 3 rings (SSSR count). The highest BCUT2D eigenvalue weighted by Crippen LogP contribution is 2.30. The fraction of sp³-hybridized carbons (Fsp3) is 0.0556. The molecule has 120 valence electrons. The Hall–Kier alpha value is -2.92. The molecule has 1 N–H and O–H groups in total. The molecule has 0 radical (unpaired) electrons. The zero-order valence-corrected chi connectivity index (χ0v) is 13.4. The Balaban J connectivity index is 2.03. The quantitative estimate of drug-likeness (QED) is 0.533. The van der Waals surface area contributed by atoms with Crippen LogP contribution in [0.15, 0.2) is 72.9 Å². The Kier molecular flexibility index (Phi) is 4.72. The fourth-order valence-electron chi connectivity index (χ4n) is 2.45. The molecule has 0 fully saturated rings. The fourth-order valence-corrected chi connectivity index (χ4v) is 2.58. The van der Waals surface area contributed by atoms with Crippen LogP contribution in [0.1, 0.15) is 17.2 Å². The second kappa shape index (κ2) is 7.10. The van der Waals surface area contributed by atoms with Crippen molar-refractivity contribution < 1.29 is 4.92 Å². The Bertz CT molecular complexity index is 838. The smallest absolute Gasteiger partial charge is 0.311 e. The standard InChI is InChI=1S/C18H14ClN3O2/c19-15-10-8-14(9-11-15)17(13-5-2-1-3-6-13)21-18-16(22(23)24)7-4-12-20-18/h1-12,17H,(H,20,21). The average molecular weight is 340 g/mol. The zero-order valence-electron chi connectivity index (χ0n) is 12.6. The summed E-state index contributed by atoms with van der Waals surface area (Å²) in [6.45, 7) is 0. The van der Waals surface area contributed by atoms with Gasteiger partial charge in [-0.1, -0.05) is 54.1 Å². The van der Waals surface area contributed by atoms with Gasteiger partial charge in [-0.15, -0.1) is 0 Å². The number of anilines is 1. The largest absolute Gasteiger partial charge is 0.353 e. The minimum atomic E-state index is -0.445. The second-order valence-corrected chi connectivity index (χ2v) is 5.60. The van der Waals surface area contributed by atoms with Crippen molar-refractivity contribution in [3.05, 3.63) is 99.2 Å². The third kappa shape index (κ3) is 3.52. The molecule has 0 aliphatic carbocycles. The van der Waals surface area contributed by atoms with Crippen LogP contribution in [0.2, 0.25) is 5.02 Å². The summed E-state index contributed by atoms with van der Waals surface area (Å²) in [5.41, 5.74) is 1.85. The van der Waals surface area contributed by atoms with Gasteiger partial charge in [-0.2, -0.15) is 0 Å². The second-order valence-electron chi connectivity index (χ2n) is 5.17. The van der Waals surface area contributed by atoms with E-state index in [2.05, 4.69) is 10.3 Å². The van der Waals surface area contributed by atoms with Crippen LogP contribution in [0.4, 0.5) is 11.5 Å². The number of benzene rings is 2. The van der Waals surface area contributed by atoms with Crippen molar-refractivity contribution in [3.8, 4) is 0 Å². The first-order chi connectivity index (χ1) is 11.6. The number of pyridine rings is 1. The van der Waals surface area contributed by atoms with E-state index in [0.717, 1.165) is 11.1 Å². The Morgan fingerprint density at radius 2 is 1.62 bits per heavy atom. The normalized spacial score (nSPS) is 11.7. The molecule has 24 heavy (non-hydrogen) atoms. The first kappa shape index (κ1) is 16.0. The maximum absolute atomic E-state index is 11.2. The monoisotopic (exact) mass is 339 g/mol. The number of nitrogens with zero attached hydrogens (tertiary/aromatic N) is 2. The number of aromatic nitrogens is 1. The van der Waals surface area contributed by atoms with Crippen molar-refractivity contribution in [1.29, 1.82) is 0 Å². The summed E-state index contributed by atoms with van der Waals surface area (Å²) in [7, 11) is 0. The molecule has 5 nitrogen and oxygen atoms in total. The Morgan fingerprint density at radius 1 is 0.958 bits per heavy atom. The van der Waals surface area contributed by atoms with Gasteiger partial charge in [0.1, 0.15) is 0 Å². The molecule has 0 aliphatic heterocycles. The zero-order chi connectivity index (χ0) is 16.9. The highest BCUT2D eigenvalue weighted by atomic mass is 35.5. The van der Waals surface area contributed by atoms with Crippen LogP contribution in [0.5, 0.6) is 0 Å². The lowest BCUT2D eigenvalue weighted by Crippen LogP contribution is -2.14. The van der Waals surface area contributed by atoms with Crippen molar-refractivity contribution in [3.63, 3.8) is 0 Å². The van der Waals surface area contributed by atoms with Gasteiger partial charge >= 0.3 is 5.69 Å². The van der Waals surface area contributed by atoms with E-state index in [0.29, 0.717) is 5.02 Å². The van der Waals surface area contributed by atoms with Crippen molar-refractivity contribution in [2.75, 3.05) is 5.32 Å². The maximum Gasteiger partial charge on any atom is 0.311 e. The molecule has 2 aromatic carbocycles. The van der Waals surface area contributed by atoms with E-state index in [1.165, 1.54) is 12.3 Å². The van der Waals surface area contributed by atoms with Gasteiger partial charge in [0.25, 0.3) is 0 Å². The lowest BCUT2D eigenvalue weighted by Gasteiger charge is -2.20. The highest BCUT2D eigenvalue weighted by Gasteiger charge is 2.20. The Labute approximate surface area is 144 Å². The van der Waals surface area contributed by atoms with Crippen molar-refractivity contribution in [2.24, 2.45) is 0 Å². The summed E-state index contributed by atoms with van der Waals surface area (Å²) < 4.78 is 0. The molecule has 0 bridgehead atoms. The molecule has 0 amide bonds. The van der Waals surface area contributed by atoms with Crippen LogP contribution in [-0.2, 0) is 0 Å². The summed E-state index contributed by atoms with van der Waals surface area (Å²) in [5, 5.41) is 15.0. The number of hydrogen-bond donors (Lipinski definition) is 1. The van der Waals surface area contributed by atoms with Crippen molar-refractivity contribution in [1.82, 2.24) is 4.98 Å². The van der Waals surface area contributed by atoms with E-state index in [1.54, 1.807) is 18.2 Å². The van der Waals surface area contributed by atoms with E-state index < -0.39 is 4.92 Å². The van der Waals surface area contributed by atoms with E-state index in [4.69, 9.17) is 11.6 Å². The molecular formula is C18H14ClN3O2. The summed E-state index contributed by atoms with van der Waals surface area (Å²) >= 11 is 5.97. The molecule has 0 saturated heterocycles. The molecule has 1 heterocycles. The van der Waals surface area contributed by atoms with Gasteiger partial charge in [-0.05, 0) is 29.3 Å². The topological polar surface area (TPSA) is 68.1 Å². The van der Waals surface area contributed by atoms with Gasteiger partial charge in [0.15, 0.2) is 0 Å². The number of rotatable bonds is 5. The van der Waals surface area contributed by atoms with E-state index in [9.17, 15) is 10.1 Å². The predicted octanol–water partition coefficient (Wildman–Crippen LogP) is 4.84. The third-order valence-electron chi connectivity index (χ3n) is 3.60. The number of nitrogens with one attached hydrogen (secondary N) is 1. The molecule has 6 heteroatoms. The maximum atomic E-state index is 11.2. The molecule has 1 atom stereocenters. The highest BCUT2D eigenvalue weighted by molar-refractivity contribution is 6.30. The average Bonchev–Trinajstić information content (AvgIpc) is 2.61. The Morgan fingerprint density at radius 3 is 2.29 bits per heavy atom. The van der Waals surface area contributed by atoms with Crippen LogP contribution >= 0.6 is 11.6 Å². The van der Waals surface area contributed by atoms with Gasteiger partial charge in [-0.3, -0.25) is 10.1 Å². The van der Waals surface area contributed by atoms with Crippen molar-refractivity contribution in [2.45, 2.75) is 6.04 Å². The number of halogens is 1. The molecular weight excluding hydrogens is 326 g/mol. The summed E-state index contributed by atoms with van der Waals surface area (Å²) in [5.74, 6) is 0.228. The lowest BCUT2D eigenvalue weighted by molar-refractivity contribution is -0.384. The van der Waals surface area contributed by atoms with Crippen LogP contribution in [-0.4, -0.2) is 9.91 Å². The van der Waals surface area contributed by atoms with E-state index in [-0.39, 0.29) is 17.5 Å². The van der Waals surface area contributed by atoms with Gasteiger partial charge in [0.2, 0.25) is 5.82 Å². The summed E-state index contributed by atoms with van der Waals surface area (Å²) in [6.07, 6.45) is 1.53. The summed E-state index contributed by atoms with van der Waals surface area (Å²) in [6, 6.07) is 19.7. The SMILES string of the molecule is O=[N+]([O-])c1cccnc1NC(c1ccccc1)c1ccc(Cl)cc1. The first-order valence-electron chi connectivity index (χ1n) is 7.31. The van der Waals surface area contributed by atoms with Gasteiger partial charge in [0.05, 0.1) is 11.0 Å². The van der Waals surface area contributed by atoms with Gasteiger partial charge in [-0.25, -0.2) is 4.98 Å². The molecule has 1 unspecified atom stereocenters. The predicted molar refractivity (Wildman–Crippen MR) is 94.3 cm³/mol. The van der Waals surface area contributed by atoms with Gasteiger partial charge in [0, 0.05) is 17.3 Å². The molecule has 0 aliphatic rings. The van der Waals surface area contributed by atoms with Crippen LogP contribution in [0.3, 0.4) is 0 Å². The number of hydrogen-bond acceptors (Lipinski definition) is 4.